The number of amides is 2. The van der Waals surface area contributed by atoms with Gasteiger partial charge in [0.2, 0.25) is 11.8 Å². The fourth-order valence-corrected chi connectivity index (χ4v) is 2.74. The third-order valence-corrected chi connectivity index (χ3v) is 4.11. The van der Waals surface area contributed by atoms with Crippen molar-refractivity contribution in [1.82, 2.24) is 10.6 Å². The largest absolute Gasteiger partial charge is 0.396 e. The Labute approximate surface area is 121 Å². The number of hydrogen-bond acceptors (Lipinski definition) is 3. The second-order valence-electron chi connectivity index (χ2n) is 5.94. The smallest absolute Gasteiger partial charge is 0.220 e. The first kappa shape index (κ1) is 17.0. The number of rotatable bonds is 9. The quantitative estimate of drug-likeness (QED) is 0.559. The first-order chi connectivity index (χ1) is 9.58. The molecule has 5 heteroatoms. The molecule has 1 rings (SSSR count). The van der Waals surface area contributed by atoms with Crippen LogP contribution >= 0.6 is 0 Å². The van der Waals surface area contributed by atoms with Crippen LogP contribution in [0.3, 0.4) is 0 Å². The molecule has 1 saturated carbocycles. The number of aliphatic hydroxyl groups is 1. The number of hydrogen-bond donors (Lipinski definition) is 3. The van der Waals surface area contributed by atoms with Gasteiger partial charge in [-0.3, -0.25) is 9.59 Å². The third-order valence-electron chi connectivity index (χ3n) is 4.11. The van der Waals surface area contributed by atoms with Crippen molar-refractivity contribution >= 4 is 11.8 Å². The van der Waals surface area contributed by atoms with Crippen molar-refractivity contribution in [1.29, 1.82) is 0 Å². The molecule has 0 heterocycles. The lowest BCUT2D eigenvalue weighted by Gasteiger charge is -2.26. The lowest BCUT2D eigenvalue weighted by atomic mass is 9.87. The van der Waals surface area contributed by atoms with Crippen LogP contribution in [0.5, 0.6) is 0 Å². The number of carbonyl (C=O) groups is 2. The first-order valence-electron chi connectivity index (χ1n) is 7.70. The molecule has 116 valence electrons. The second kappa shape index (κ2) is 8.95. The Morgan fingerprint density at radius 1 is 1.10 bits per heavy atom. The van der Waals surface area contributed by atoms with Crippen LogP contribution in [0.4, 0.5) is 0 Å². The van der Waals surface area contributed by atoms with Crippen LogP contribution < -0.4 is 10.6 Å². The van der Waals surface area contributed by atoms with Crippen LogP contribution in [0.15, 0.2) is 0 Å². The Morgan fingerprint density at radius 2 is 1.80 bits per heavy atom. The van der Waals surface area contributed by atoms with Gasteiger partial charge in [-0.15, -0.1) is 0 Å². The zero-order chi connectivity index (χ0) is 14.8. The van der Waals surface area contributed by atoms with Gasteiger partial charge in [0.15, 0.2) is 0 Å². The lowest BCUT2D eigenvalue weighted by molar-refractivity contribution is -0.122. The predicted molar refractivity (Wildman–Crippen MR) is 78.1 cm³/mol. The summed E-state index contributed by atoms with van der Waals surface area (Å²) in [5.74, 6) is 0.0675. The molecule has 2 amide bonds. The van der Waals surface area contributed by atoms with Gasteiger partial charge < -0.3 is 15.7 Å². The molecular formula is C15H28N2O3. The summed E-state index contributed by atoms with van der Waals surface area (Å²) in [6, 6.07) is 0. The summed E-state index contributed by atoms with van der Waals surface area (Å²) in [6.45, 7) is 2.97. The Bertz CT molecular complexity index is 312. The molecule has 0 aromatic carbocycles. The van der Waals surface area contributed by atoms with Crippen molar-refractivity contribution in [3.8, 4) is 0 Å². The van der Waals surface area contributed by atoms with E-state index in [4.69, 9.17) is 0 Å². The molecule has 20 heavy (non-hydrogen) atoms. The van der Waals surface area contributed by atoms with Crippen LogP contribution in [-0.4, -0.2) is 36.6 Å². The maximum atomic E-state index is 11.7. The molecule has 1 aliphatic carbocycles. The zero-order valence-electron chi connectivity index (χ0n) is 12.5. The first-order valence-corrected chi connectivity index (χ1v) is 7.70. The summed E-state index contributed by atoms with van der Waals surface area (Å²) in [7, 11) is 0. The van der Waals surface area contributed by atoms with E-state index in [0.29, 0.717) is 19.5 Å². The summed E-state index contributed by atoms with van der Waals surface area (Å²) in [6.07, 6.45) is 7.56. The Morgan fingerprint density at radius 3 is 2.40 bits per heavy atom. The molecule has 0 saturated heterocycles. The number of carbonyl (C=O) groups excluding carboxylic acids is 2. The average molecular weight is 284 g/mol. The van der Waals surface area contributed by atoms with Crippen LogP contribution in [0, 0.1) is 5.41 Å². The molecular weight excluding hydrogens is 256 g/mol. The Kier molecular flexibility index (Phi) is 7.59. The Balaban J connectivity index is 2.04. The molecule has 0 bridgehead atoms. The van der Waals surface area contributed by atoms with E-state index in [1.807, 2.05) is 0 Å². The van der Waals surface area contributed by atoms with Gasteiger partial charge in [-0.05, 0) is 25.7 Å². The van der Waals surface area contributed by atoms with Crippen LogP contribution in [0.1, 0.15) is 58.3 Å². The zero-order valence-corrected chi connectivity index (χ0v) is 12.5. The van der Waals surface area contributed by atoms with Gasteiger partial charge in [-0.25, -0.2) is 0 Å². The summed E-state index contributed by atoms with van der Waals surface area (Å²) >= 11 is 0. The molecule has 0 aromatic rings. The molecule has 3 N–H and O–H groups in total. The topological polar surface area (TPSA) is 78.4 Å². The van der Waals surface area contributed by atoms with Gasteiger partial charge in [-0.1, -0.05) is 19.3 Å². The van der Waals surface area contributed by atoms with Gasteiger partial charge in [0.25, 0.3) is 0 Å². The molecule has 0 unspecified atom stereocenters. The Hall–Kier alpha value is -1.10. The fraction of sp³-hybridized carbons (Fsp3) is 0.867. The third kappa shape index (κ3) is 6.37. The van der Waals surface area contributed by atoms with Crippen molar-refractivity contribution in [2.24, 2.45) is 5.41 Å². The van der Waals surface area contributed by atoms with E-state index in [-0.39, 0.29) is 23.8 Å². The molecule has 0 radical (unpaired) electrons. The maximum absolute atomic E-state index is 11.7. The van der Waals surface area contributed by atoms with E-state index in [0.717, 1.165) is 44.9 Å². The normalized spacial score (nSPS) is 16.9. The van der Waals surface area contributed by atoms with Crippen LogP contribution in [0.2, 0.25) is 0 Å². The molecule has 0 aliphatic heterocycles. The maximum Gasteiger partial charge on any atom is 0.220 e. The standard InChI is InChI=1S/C15H28N2O3/c1-13(19)16-10-6-2-3-7-14(20)17-11-15(12-18)8-4-5-9-15/h18H,2-12H2,1H3,(H,16,19)(H,17,20). The molecule has 0 atom stereocenters. The van der Waals surface area contributed by atoms with Crippen molar-refractivity contribution < 1.29 is 14.7 Å². The summed E-state index contributed by atoms with van der Waals surface area (Å²) < 4.78 is 0. The van der Waals surface area contributed by atoms with Gasteiger partial charge >= 0.3 is 0 Å². The van der Waals surface area contributed by atoms with E-state index >= 15 is 0 Å². The summed E-state index contributed by atoms with van der Waals surface area (Å²) in [5, 5.41) is 15.2. The van der Waals surface area contributed by atoms with E-state index in [2.05, 4.69) is 10.6 Å². The van der Waals surface area contributed by atoms with Gasteiger partial charge in [0.1, 0.15) is 0 Å². The van der Waals surface area contributed by atoms with E-state index in [1.54, 1.807) is 0 Å². The van der Waals surface area contributed by atoms with Crippen molar-refractivity contribution in [3.05, 3.63) is 0 Å². The minimum absolute atomic E-state index is 0.00592. The van der Waals surface area contributed by atoms with E-state index in [9.17, 15) is 14.7 Å². The van der Waals surface area contributed by atoms with Crippen LogP contribution in [0.25, 0.3) is 0 Å². The summed E-state index contributed by atoms with van der Waals surface area (Å²) in [4.78, 5) is 22.4. The molecule has 1 aliphatic rings. The van der Waals surface area contributed by atoms with Crippen molar-refractivity contribution in [2.75, 3.05) is 19.7 Å². The minimum atomic E-state index is -0.0684. The fourth-order valence-electron chi connectivity index (χ4n) is 2.74. The highest BCUT2D eigenvalue weighted by Gasteiger charge is 2.33. The highest BCUT2D eigenvalue weighted by molar-refractivity contribution is 5.75. The van der Waals surface area contributed by atoms with Gasteiger partial charge in [0, 0.05) is 31.8 Å². The number of aliphatic hydroxyl groups excluding tert-OH is 1. The highest BCUT2D eigenvalue weighted by Crippen LogP contribution is 2.36. The molecule has 0 spiro atoms. The molecule has 0 aromatic heterocycles. The highest BCUT2D eigenvalue weighted by atomic mass is 16.3. The number of nitrogens with one attached hydrogen (secondary N) is 2. The van der Waals surface area contributed by atoms with Gasteiger partial charge in [-0.2, -0.15) is 0 Å². The SMILES string of the molecule is CC(=O)NCCCCCC(=O)NCC1(CO)CCCC1. The average Bonchev–Trinajstić information content (AvgIpc) is 2.89. The predicted octanol–water partition coefficient (Wildman–Crippen LogP) is 1.35. The molecule has 1 fully saturated rings. The molecule has 5 nitrogen and oxygen atoms in total. The number of unbranched alkanes of at least 4 members (excludes halogenated alkanes) is 2. The van der Waals surface area contributed by atoms with Crippen LogP contribution in [-0.2, 0) is 9.59 Å². The summed E-state index contributed by atoms with van der Waals surface area (Å²) in [5.41, 5.74) is -0.0684. The lowest BCUT2D eigenvalue weighted by Crippen LogP contribution is -2.38. The van der Waals surface area contributed by atoms with E-state index < -0.39 is 0 Å². The van der Waals surface area contributed by atoms with Crippen molar-refractivity contribution in [2.45, 2.75) is 58.3 Å². The van der Waals surface area contributed by atoms with Crippen molar-refractivity contribution in [3.63, 3.8) is 0 Å². The van der Waals surface area contributed by atoms with E-state index in [1.165, 1.54) is 6.92 Å². The minimum Gasteiger partial charge on any atom is -0.396 e. The monoisotopic (exact) mass is 284 g/mol. The van der Waals surface area contributed by atoms with Gasteiger partial charge in [0.05, 0.1) is 6.61 Å². The second-order valence-corrected chi connectivity index (χ2v) is 5.94.